The molecule has 0 saturated carbocycles. The zero-order chi connectivity index (χ0) is 21.7. The summed E-state index contributed by atoms with van der Waals surface area (Å²) in [6, 6.07) is 8.11. The third-order valence-corrected chi connectivity index (χ3v) is 5.71. The number of likely N-dealkylation sites (tertiary alicyclic amines) is 1. The standard InChI is InChI=1S/C24H33N3O3/c1-6-8-17(3)29-22-10-7-9-20(14-22)13-21-11-12-27(15-16(21)2)24(28)25-23-18(4)19(5)26-30-23/h7,9-10,13-14,16-17H,6,8,11-12,15H2,1-5H3,(H,25,28)/b21-13+. The maximum absolute atomic E-state index is 12.6. The molecule has 3 rings (SSSR count). The lowest BCUT2D eigenvalue weighted by Crippen LogP contribution is -2.42. The molecule has 6 nitrogen and oxygen atoms in total. The summed E-state index contributed by atoms with van der Waals surface area (Å²) in [6.07, 6.45) is 5.47. The second-order valence-corrected chi connectivity index (χ2v) is 8.26. The van der Waals surface area contributed by atoms with Gasteiger partial charge in [-0.05, 0) is 57.2 Å². The molecular formula is C24H33N3O3. The highest BCUT2D eigenvalue weighted by atomic mass is 16.5. The van der Waals surface area contributed by atoms with Gasteiger partial charge in [0.05, 0.1) is 11.8 Å². The number of carbonyl (C=O) groups excluding carboxylic acids is 1. The minimum absolute atomic E-state index is 0.138. The van der Waals surface area contributed by atoms with E-state index in [1.807, 2.05) is 30.9 Å². The first-order chi connectivity index (χ1) is 14.4. The van der Waals surface area contributed by atoms with Crippen molar-refractivity contribution in [3.8, 4) is 5.75 Å². The van der Waals surface area contributed by atoms with Gasteiger partial charge < -0.3 is 14.2 Å². The number of nitrogens with one attached hydrogen (secondary N) is 1. The van der Waals surface area contributed by atoms with Gasteiger partial charge in [-0.15, -0.1) is 0 Å². The lowest BCUT2D eigenvalue weighted by atomic mass is 9.91. The maximum Gasteiger partial charge on any atom is 0.324 e. The number of nitrogens with zero attached hydrogens (tertiary/aromatic N) is 2. The summed E-state index contributed by atoms with van der Waals surface area (Å²) in [5.41, 5.74) is 4.15. The van der Waals surface area contributed by atoms with Crippen molar-refractivity contribution in [1.29, 1.82) is 0 Å². The second kappa shape index (κ2) is 9.83. The number of aryl methyl sites for hydroxylation is 1. The van der Waals surface area contributed by atoms with Crippen LogP contribution in [-0.2, 0) is 0 Å². The van der Waals surface area contributed by atoms with Gasteiger partial charge >= 0.3 is 6.03 Å². The molecule has 30 heavy (non-hydrogen) atoms. The first kappa shape index (κ1) is 21.9. The summed E-state index contributed by atoms with van der Waals surface area (Å²) in [5, 5.41) is 6.74. The Labute approximate surface area is 179 Å². The van der Waals surface area contributed by atoms with Crippen LogP contribution in [0, 0.1) is 19.8 Å². The zero-order valence-electron chi connectivity index (χ0n) is 18.7. The largest absolute Gasteiger partial charge is 0.491 e. The minimum Gasteiger partial charge on any atom is -0.491 e. The topological polar surface area (TPSA) is 67.6 Å². The molecule has 1 N–H and O–H groups in total. The summed E-state index contributed by atoms with van der Waals surface area (Å²) in [4.78, 5) is 14.5. The lowest BCUT2D eigenvalue weighted by molar-refractivity contribution is 0.197. The van der Waals surface area contributed by atoms with Crippen LogP contribution in [0.25, 0.3) is 6.08 Å². The van der Waals surface area contributed by atoms with E-state index >= 15 is 0 Å². The van der Waals surface area contributed by atoms with Gasteiger partial charge in [-0.2, -0.15) is 0 Å². The van der Waals surface area contributed by atoms with Crippen LogP contribution >= 0.6 is 0 Å². The Balaban J connectivity index is 1.61. The fraction of sp³-hybridized carbons (Fsp3) is 0.500. The number of hydrogen-bond acceptors (Lipinski definition) is 4. The van der Waals surface area contributed by atoms with E-state index in [0.29, 0.717) is 19.0 Å². The first-order valence-corrected chi connectivity index (χ1v) is 10.8. The molecule has 1 fully saturated rings. The molecular weight excluding hydrogens is 378 g/mol. The SMILES string of the molecule is CCCC(C)Oc1cccc(/C=C2\CCN(C(=O)Nc3onc(C)c3C)CC2C)c1. The van der Waals surface area contributed by atoms with E-state index in [1.54, 1.807) is 0 Å². The number of hydrogen-bond donors (Lipinski definition) is 1. The predicted octanol–water partition coefficient (Wildman–Crippen LogP) is 5.82. The number of ether oxygens (including phenoxy) is 1. The maximum atomic E-state index is 12.6. The van der Waals surface area contributed by atoms with Gasteiger partial charge in [0.1, 0.15) is 5.75 Å². The number of benzene rings is 1. The van der Waals surface area contributed by atoms with E-state index < -0.39 is 0 Å². The number of amides is 2. The number of rotatable bonds is 6. The zero-order valence-corrected chi connectivity index (χ0v) is 18.7. The van der Waals surface area contributed by atoms with Gasteiger partial charge in [0.25, 0.3) is 0 Å². The molecule has 1 saturated heterocycles. The van der Waals surface area contributed by atoms with Crippen LogP contribution in [0.1, 0.15) is 56.9 Å². The average molecular weight is 412 g/mol. The van der Waals surface area contributed by atoms with Gasteiger partial charge in [-0.3, -0.25) is 5.32 Å². The normalized spacial score (nSPS) is 19.0. The molecule has 2 amide bonds. The summed E-state index contributed by atoms with van der Waals surface area (Å²) < 4.78 is 11.2. The molecule has 0 spiro atoms. The molecule has 0 bridgehead atoms. The van der Waals surface area contributed by atoms with E-state index in [0.717, 1.165) is 41.8 Å². The fourth-order valence-corrected chi connectivity index (χ4v) is 3.75. The Morgan fingerprint density at radius 2 is 2.23 bits per heavy atom. The molecule has 2 aromatic rings. The van der Waals surface area contributed by atoms with Crippen molar-refractivity contribution in [1.82, 2.24) is 10.1 Å². The third-order valence-electron chi connectivity index (χ3n) is 5.71. The Bertz CT molecular complexity index is 903. The van der Waals surface area contributed by atoms with Crippen LogP contribution in [0.15, 0.2) is 34.4 Å². The molecule has 6 heteroatoms. The number of carbonyl (C=O) groups is 1. The second-order valence-electron chi connectivity index (χ2n) is 8.26. The van der Waals surface area contributed by atoms with E-state index in [4.69, 9.17) is 9.26 Å². The van der Waals surface area contributed by atoms with Gasteiger partial charge in [0.15, 0.2) is 0 Å². The van der Waals surface area contributed by atoms with Crippen LogP contribution in [0.5, 0.6) is 5.75 Å². The summed E-state index contributed by atoms with van der Waals surface area (Å²) in [5.74, 6) is 1.62. The van der Waals surface area contributed by atoms with Gasteiger partial charge in [0, 0.05) is 18.7 Å². The molecule has 162 valence electrons. The number of urea groups is 1. The molecule has 1 aliphatic rings. The molecule has 2 heterocycles. The predicted molar refractivity (Wildman–Crippen MR) is 120 cm³/mol. The van der Waals surface area contributed by atoms with E-state index in [1.165, 1.54) is 5.57 Å². The Morgan fingerprint density at radius 3 is 2.90 bits per heavy atom. The Hall–Kier alpha value is -2.76. The van der Waals surface area contributed by atoms with Gasteiger partial charge in [-0.25, -0.2) is 4.79 Å². The molecule has 2 unspecified atom stereocenters. The highest BCUT2D eigenvalue weighted by Gasteiger charge is 2.25. The summed E-state index contributed by atoms with van der Waals surface area (Å²) in [6.45, 7) is 11.5. The van der Waals surface area contributed by atoms with Gasteiger partial charge in [0.2, 0.25) is 5.88 Å². The minimum atomic E-state index is -0.138. The van der Waals surface area contributed by atoms with Crippen LogP contribution in [0.4, 0.5) is 10.7 Å². The highest BCUT2D eigenvalue weighted by Crippen LogP contribution is 2.27. The first-order valence-electron chi connectivity index (χ1n) is 10.8. The van der Waals surface area contributed by atoms with E-state index in [9.17, 15) is 4.79 Å². The van der Waals surface area contributed by atoms with Crippen molar-refractivity contribution in [3.63, 3.8) is 0 Å². The number of piperidine rings is 1. The molecule has 1 aromatic heterocycles. The molecule has 2 atom stereocenters. The smallest absolute Gasteiger partial charge is 0.324 e. The summed E-state index contributed by atoms with van der Waals surface area (Å²) >= 11 is 0. The Kier molecular flexibility index (Phi) is 7.19. The van der Waals surface area contributed by atoms with E-state index in [2.05, 4.69) is 49.5 Å². The third kappa shape index (κ3) is 5.43. The van der Waals surface area contributed by atoms with Crippen molar-refractivity contribution in [3.05, 3.63) is 46.7 Å². The van der Waals surface area contributed by atoms with Crippen molar-refractivity contribution < 1.29 is 14.1 Å². The molecule has 0 aliphatic carbocycles. The average Bonchev–Trinajstić information content (AvgIpc) is 3.02. The van der Waals surface area contributed by atoms with Crippen LogP contribution in [-0.4, -0.2) is 35.3 Å². The fourth-order valence-electron chi connectivity index (χ4n) is 3.75. The quantitative estimate of drug-likeness (QED) is 0.651. The molecule has 0 radical (unpaired) electrons. The van der Waals surface area contributed by atoms with Crippen molar-refractivity contribution in [2.75, 3.05) is 18.4 Å². The van der Waals surface area contributed by atoms with Crippen LogP contribution in [0.2, 0.25) is 0 Å². The van der Waals surface area contributed by atoms with Crippen LogP contribution in [0.3, 0.4) is 0 Å². The Morgan fingerprint density at radius 1 is 1.43 bits per heavy atom. The molecule has 1 aliphatic heterocycles. The monoisotopic (exact) mass is 411 g/mol. The van der Waals surface area contributed by atoms with E-state index in [-0.39, 0.29) is 18.1 Å². The van der Waals surface area contributed by atoms with Crippen LogP contribution < -0.4 is 10.1 Å². The van der Waals surface area contributed by atoms with Crippen molar-refractivity contribution in [2.45, 2.75) is 60.0 Å². The van der Waals surface area contributed by atoms with Crippen molar-refractivity contribution in [2.24, 2.45) is 5.92 Å². The van der Waals surface area contributed by atoms with Gasteiger partial charge in [-0.1, -0.05) is 49.2 Å². The summed E-state index contributed by atoms with van der Waals surface area (Å²) in [7, 11) is 0. The number of anilines is 1. The highest BCUT2D eigenvalue weighted by molar-refractivity contribution is 5.88. The number of aromatic nitrogens is 1. The van der Waals surface area contributed by atoms with Crippen molar-refractivity contribution >= 4 is 18.0 Å². The lowest BCUT2D eigenvalue weighted by Gasteiger charge is -2.33. The molecule has 1 aromatic carbocycles.